The average Bonchev–Trinajstić information content (AvgIpc) is 3.23. The van der Waals surface area contributed by atoms with Gasteiger partial charge in [-0.05, 0) is 31.7 Å². The Morgan fingerprint density at radius 2 is 1.67 bits per heavy atom. The second-order valence-corrected chi connectivity index (χ2v) is 8.28. The van der Waals surface area contributed by atoms with E-state index in [0.29, 0.717) is 24.6 Å². The van der Waals surface area contributed by atoms with Crippen molar-refractivity contribution in [2.75, 3.05) is 13.2 Å². The SMILES string of the molecule is O=C(c1ccnc(OC2CCOC2)c1)N(C1CCCCC1)C1CCCCC1. The fraction of sp³-hybridized carbons (Fsp3) is 0.727. The normalized spacial score (nSPS) is 24.7. The van der Waals surface area contributed by atoms with E-state index in [-0.39, 0.29) is 12.0 Å². The lowest BCUT2D eigenvalue weighted by molar-refractivity contribution is 0.0447. The Hall–Kier alpha value is -1.62. The van der Waals surface area contributed by atoms with E-state index in [1.54, 1.807) is 6.20 Å². The summed E-state index contributed by atoms with van der Waals surface area (Å²) in [7, 11) is 0. The number of rotatable bonds is 5. The lowest BCUT2D eigenvalue weighted by atomic mass is 9.88. The molecule has 2 saturated carbocycles. The second kappa shape index (κ2) is 9.05. The summed E-state index contributed by atoms with van der Waals surface area (Å²) in [5.74, 6) is 0.715. The van der Waals surface area contributed by atoms with Crippen LogP contribution < -0.4 is 4.74 Å². The van der Waals surface area contributed by atoms with Crippen LogP contribution in [-0.2, 0) is 4.74 Å². The summed E-state index contributed by atoms with van der Waals surface area (Å²) < 4.78 is 11.3. The molecule has 2 aliphatic carbocycles. The monoisotopic (exact) mass is 372 g/mol. The van der Waals surface area contributed by atoms with Gasteiger partial charge in [-0.25, -0.2) is 4.98 Å². The first-order valence-corrected chi connectivity index (χ1v) is 10.8. The van der Waals surface area contributed by atoms with Crippen LogP contribution in [0, 0.1) is 0 Å². The molecule has 4 rings (SSSR count). The lowest BCUT2D eigenvalue weighted by Crippen LogP contribution is -2.48. The number of nitrogens with zero attached hydrogens (tertiary/aromatic N) is 2. The van der Waals surface area contributed by atoms with Crippen LogP contribution in [0.5, 0.6) is 5.88 Å². The van der Waals surface area contributed by atoms with Gasteiger partial charge >= 0.3 is 0 Å². The van der Waals surface area contributed by atoms with Crippen LogP contribution in [0.15, 0.2) is 18.3 Å². The Kier molecular flexibility index (Phi) is 6.28. The molecule has 0 N–H and O–H groups in total. The van der Waals surface area contributed by atoms with Crippen LogP contribution in [0.4, 0.5) is 0 Å². The van der Waals surface area contributed by atoms with Gasteiger partial charge in [-0.1, -0.05) is 38.5 Å². The summed E-state index contributed by atoms with van der Waals surface area (Å²) in [5, 5.41) is 0. The van der Waals surface area contributed by atoms with E-state index < -0.39 is 0 Å². The maximum Gasteiger partial charge on any atom is 0.254 e. The van der Waals surface area contributed by atoms with E-state index in [1.807, 2.05) is 12.1 Å². The molecule has 5 nitrogen and oxygen atoms in total. The molecule has 2 heterocycles. The molecule has 27 heavy (non-hydrogen) atoms. The van der Waals surface area contributed by atoms with E-state index in [1.165, 1.54) is 38.5 Å². The molecular weight excluding hydrogens is 340 g/mol. The summed E-state index contributed by atoms with van der Waals surface area (Å²) in [6.07, 6.45) is 14.8. The van der Waals surface area contributed by atoms with Crippen molar-refractivity contribution < 1.29 is 14.3 Å². The third kappa shape index (κ3) is 4.63. The minimum Gasteiger partial charge on any atom is -0.472 e. The van der Waals surface area contributed by atoms with Crippen molar-refractivity contribution in [2.24, 2.45) is 0 Å². The molecule has 0 radical (unpaired) electrons. The smallest absolute Gasteiger partial charge is 0.254 e. The highest BCUT2D eigenvalue weighted by atomic mass is 16.5. The van der Waals surface area contributed by atoms with Gasteiger partial charge in [-0.2, -0.15) is 0 Å². The summed E-state index contributed by atoms with van der Waals surface area (Å²) in [4.78, 5) is 20.1. The van der Waals surface area contributed by atoms with Crippen molar-refractivity contribution in [1.29, 1.82) is 0 Å². The van der Waals surface area contributed by atoms with Gasteiger partial charge in [-0.15, -0.1) is 0 Å². The third-order valence-corrected chi connectivity index (χ3v) is 6.33. The van der Waals surface area contributed by atoms with Gasteiger partial charge in [0.2, 0.25) is 5.88 Å². The van der Waals surface area contributed by atoms with Crippen LogP contribution >= 0.6 is 0 Å². The molecule has 3 fully saturated rings. The van der Waals surface area contributed by atoms with Gasteiger partial charge in [-0.3, -0.25) is 4.79 Å². The highest BCUT2D eigenvalue weighted by Gasteiger charge is 2.33. The number of carbonyl (C=O) groups excluding carboxylic acids is 1. The third-order valence-electron chi connectivity index (χ3n) is 6.33. The van der Waals surface area contributed by atoms with E-state index in [0.717, 1.165) is 44.3 Å². The standard InChI is InChI=1S/C22H32N2O3/c25-22(17-11-13-23-21(15-17)27-20-12-14-26-16-20)24(18-7-3-1-4-8-18)19-9-5-2-6-10-19/h11,13,15,18-20H,1-10,12,14,16H2. The van der Waals surface area contributed by atoms with Gasteiger partial charge in [0.25, 0.3) is 5.91 Å². The van der Waals surface area contributed by atoms with Gasteiger partial charge in [0, 0.05) is 36.3 Å². The Morgan fingerprint density at radius 3 is 2.26 bits per heavy atom. The fourth-order valence-corrected chi connectivity index (χ4v) is 4.88. The van der Waals surface area contributed by atoms with Crippen LogP contribution in [-0.4, -0.2) is 47.2 Å². The zero-order valence-corrected chi connectivity index (χ0v) is 16.3. The minimum absolute atomic E-state index is 0.0515. The highest BCUT2D eigenvalue weighted by molar-refractivity contribution is 5.94. The van der Waals surface area contributed by atoms with Crippen molar-refractivity contribution in [1.82, 2.24) is 9.88 Å². The van der Waals surface area contributed by atoms with Crippen molar-refractivity contribution >= 4 is 5.91 Å². The van der Waals surface area contributed by atoms with E-state index in [2.05, 4.69) is 9.88 Å². The first-order valence-electron chi connectivity index (χ1n) is 10.8. The topological polar surface area (TPSA) is 51.7 Å². The number of ether oxygens (including phenoxy) is 2. The largest absolute Gasteiger partial charge is 0.472 e. The number of aromatic nitrogens is 1. The number of pyridine rings is 1. The van der Waals surface area contributed by atoms with E-state index in [4.69, 9.17) is 9.47 Å². The molecule has 1 amide bonds. The molecule has 1 unspecified atom stereocenters. The Labute approximate surface area is 162 Å². The number of amides is 1. The molecule has 5 heteroatoms. The van der Waals surface area contributed by atoms with Gasteiger partial charge < -0.3 is 14.4 Å². The summed E-state index contributed by atoms with van der Waals surface area (Å²) in [5.41, 5.74) is 0.718. The predicted octanol–water partition coefficient (Wildman–Crippen LogP) is 4.36. The average molecular weight is 373 g/mol. The number of hydrogen-bond donors (Lipinski definition) is 0. The molecule has 1 atom stereocenters. The van der Waals surface area contributed by atoms with Gasteiger partial charge in [0.1, 0.15) is 6.10 Å². The molecule has 3 aliphatic rings. The molecular formula is C22H32N2O3. The summed E-state index contributed by atoms with van der Waals surface area (Å²) in [6, 6.07) is 4.48. The fourth-order valence-electron chi connectivity index (χ4n) is 4.88. The Bertz CT molecular complexity index is 600. The van der Waals surface area contributed by atoms with Crippen LogP contribution in [0.1, 0.15) is 81.0 Å². The summed E-state index contributed by atoms with van der Waals surface area (Å²) in [6.45, 7) is 1.34. The summed E-state index contributed by atoms with van der Waals surface area (Å²) >= 11 is 0. The highest BCUT2D eigenvalue weighted by Crippen LogP contribution is 2.32. The van der Waals surface area contributed by atoms with E-state index >= 15 is 0 Å². The van der Waals surface area contributed by atoms with Gasteiger partial charge in [0.15, 0.2) is 0 Å². The minimum atomic E-state index is 0.0515. The molecule has 1 aliphatic heterocycles. The molecule has 148 valence electrons. The molecule has 0 aromatic carbocycles. The molecule has 0 bridgehead atoms. The zero-order chi connectivity index (χ0) is 18.5. The molecule has 1 saturated heterocycles. The Balaban J connectivity index is 1.52. The van der Waals surface area contributed by atoms with Gasteiger partial charge in [0.05, 0.1) is 13.2 Å². The van der Waals surface area contributed by atoms with Crippen molar-refractivity contribution in [3.05, 3.63) is 23.9 Å². The maximum absolute atomic E-state index is 13.6. The maximum atomic E-state index is 13.6. The molecule has 1 aromatic rings. The lowest BCUT2D eigenvalue weighted by Gasteiger charge is -2.41. The molecule has 0 spiro atoms. The van der Waals surface area contributed by atoms with Crippen molar-refractivity contribution in [3.63, 3.8) is 0 Å². The van der Waals surface area contributed by atoms with Crippen LogP contribution in [0.25, 0.3) is 0 Å². The number of carbonyl (C=O) groups is 1. The first kappa shape index (κ1) is 18.7. The van der Waals surface area contributed by atoms with Crippen molar-refractivity contribution in [2.45, 2.75) is 88.8 Å². The first-order chi connectivity index (χ1) is 13.3. The Morgan fingerprint density at radius 1 is 1.00 bits per heavy atom. The second-order valence-electron chi connectivity index (χ2n) is 8.28. The quantitative estimate of drug-likeness (QED) is 0.771. The van der Waals surface area contributed by atoms with Crippen molar-refractivity contribution in [3.8, 4) is 5.88 Å². The van der Waals surface area contributed by atoms with Crippen LogP contribution in [0.3, 0.4) is 0 Å². The predicted molar refractivity (Wildman–Crippen MR) is 104 cm³/mol. The van der Waals surface area contributed by atoms with E-state index in [9.17, 15) is 4.79 Å². The molecule has 1 aromatic heterocycles. The van der Waals surface area contributed by atoms with Crippen LogP contribution in [0.2, 0.25) is 0 Å². The zero-order valence-electron chi connectivity index (χ0n) is 16.3. The number of hydrogen-bond acceptors (Lipinski definition) is 4.